The number of carbonyl (C=O) groups is 1. The topological polar surface area (TPSA) is 109 Å². The van der Waals surface area contributed by atoms with Gasteiger partial charge in [0.25, 0.3) is 0 Å². The largest absolute Gasteiger partial charge is 0.370 e. The highest BCUT2D eigenvalue weighted by Gasteiger charge is 2.30. The Balaban J connectivity index is 1.42. The van der Waals surface area contributed by atoms with E-state index in [1.807, 2.05) is 29.6 Å². The van der Waals surface area contributed by atoms with E-state index in [-0.39, 0.29) is 30.5 Å². The Kier molecular flexibility index (Phi) is 4.82. The Labute approximate surface area is 154 Å². The number of rotatable bonds is 6. The highest BCUT2D eigenvalue weighted by molar-refractivity contribution is 7.17. The van der Waals surface area contributed by atoms with Gasteiger partial charge in [0.15, 0.2) is 5.78 Å². The van der Waals surface area contributed by atoms with E-state index >= 15 is 0 Å². The Morgan fingerprint density at radius 3 is 3.00 bits per heavy atom. The number of Topliss-reactive ketones (excluding diaryl/α,β-unsaturated/α-hetero) is 1. The highest BCUT2D eigenvalue weighted by Crippen LogP contribution is 2.23. The average Bonchev–Trinajstić information content (AvgIpc) is 3.32. The van der Waals surface area contributed by atoms with E-state index in [0.29, 0.717) is 12.2 Å². The number of aromatic nitrogens is 3. The Morgan fingerprint density at radius 1 is 1.31 bits per heavy atom. The van der Waals surface area contributed by atoms with Gasteiger partial charge < -0.3 is 16.2 Å². The lowest BCUT2D eigenvalue weighted by molar-refractivity contribution is 0.0312. The third-order valence-electron chi connectivity index (χ3n) is 4.80. The molecule has 0 amide bonds. The molecule has 0 bridgehead atoms. The highest BCUT2D eigenvalue weighted by atomic mass is 32.1. The van der Waals surface area contributed by atoms with Crippen LogP contribution in [0.4, 0.5) is 0 Å². The molecule has 1 aromatic carbocycles. The Bertz CT molecular complexity index is 921. The van der Waals surface area contributed by atoms with Crippen LogP contribution < -0.4 is 11.5 Å². The zero-order valence-electron chi connectivity index (χ0n) is 14.2. The van der Waals surface area contributed by atoms with Crippen molar-refractivity contribution in [3.8, 4) is 0 Å². The van der Waals surface area contributed by atoms with Gasteiger partial charge in [-0.3, -0.25) is 4.79 Å². The minimum Gasteiger partial charge on any atom is -0.370 e. The minimum absolute atomic E-state index is 0.00774. The first kappa shape index (κ1) is 17.3. The lowest BCUT2D eigenvalue weighted by Crippen LogP contribution is -2.31. The van der Waals surface area contributed by atoms with Gasteiger partial charge in [-0.15, -0.1) is 16.4 Å². The fraction of sp³-hybridized carbons (Fsp3) is 0.389. The predicted octanol–water partition coefficient (Wildman–Crippen LogP) is 1.71. The van der Waals surface area contributed by atoms with Gasteiger partial charge in [0, 0.05) is 22.3 Å². The summed E-state index contributed by atoms with van der Waals surface area (Å²) in [6.45, 7) is 0.446. The molecule has 7 nitrogen and oxygen atoms in total. The second-order valence-electron chi connectivity index (χ2n) is 6.72. The van der Waals surface area contributed by atoms with E-state index in [1.54, 1.807) is 22.2 Å². The molecule has 2 aromatic heterocycles. The van der Waals surface area contributed by atoms with E-state index in [4.69, 9.17) is 16.2 Å². The summed E-state index contributed by atoms with van der Waals surface area (Å²) in [6, 6.07) is 7.83. The summed E-state index contributed by atoms with van der Waals surface area (Å²) >= 11 is 1.62. The van der Waals surface area contributed by atoms with Crippen LogP contribution in [-0.4, -0.2) is 39.0 Å². The van der Waals surface area contributed by atoms with Gasteiger partial charge in [-0.2, -0.15) is 0 Å². The average molecular weight is 371 g/mol. The molecule has 0 spiro atoms. The van der Waals surface area contributed by atoms with E-state index in [9.17, 15) is 4.79 Å². The minimum atomic E-state index is -0.0645. The fourth-order valence-electron chi connectivity index (χ4n) is 3.33. The molecule has 1 saturated carbocycles. The third kappa shape index (κ3) is 3.54. The molecule has 0 unspecified atom stereocenters. The van der Waals surface area contributed by atoms with Crippen LogP contribution in [0.15, 0.2) is 35.8 Å². The molecule has 0 radical (unpaired) electrons. The number of fused-ring (bicyclic) bond motifs is 1. The van der Waals surface area contributed by atoms with Crippen molar-refractivity contribution in [2.45, 2.75) is 44.2 Å². The molecule has 1 fully saturated rings. The third-order valence-corrected chi connectivity index (χ3v) is 5.68. The van der Waals surface area contributed by atoms with Crippen LogP contribution in [0.5, 0.6) is 0 Å². The van der Waals surface area contributed by atoms with Crippen LogP contribution in [0.1, 0.15) is 28.9 Å². The molecular formula is C18H21N5O2S. The number of ether oxygens (including phenoxy) is 1. The molecule has 3 atom stereocenters. The van der Waals surface area contributed by atoms with Gasteiger partial charge in [-0.25, -0.2) is 4.68 Å². The van der Waals surface area contributed by atoms with E-state index in [2.05, 4.69) is 10.3 Å². The zero-order valence-corrected chi connectivity index (χ0v) is 15.1. The maximum absolute atomic E-state index is 12.6. The van der Waals surface area contributed by atoms with Crippen LogP contribution >= 0.6 is 11.3 Å². The SMILES string of the molecule is N[C@H]1C[C@@H](N)[C@H](OCc2cnnn2CC(=O)c2ccc3ccsc3c2)C1. The van der Waals surface area contributed by atoms with Gasteiger partial charge in [-0.1, -0.05) is 17.3 Å². The van der Waals surface area contributed by atoms with Crippen molar-refractivity contribution < 1.29 is 9.53 Å². The van der Waals surface area contributed by atoms with Crippen molar-refractivity contribution in [2.24, 2.45) is 11.5 Å². The lowest BCUT2D eigenvalue weighted by atomic mass is 10.1. The number of nitrogens with two attached hydrogens (primary N) is 2. The van der Waals surface area contributed by atoms with E-state index < -0.39 is 0 Å². The van der Waals surface area contributed by atoms with Gasteiger partial charge in [0.2, 0.25) is 0 Å². The van der Waals surface area contributed by atoms with Crippen LogP contribution in [-0.2, 0) is 17.9 Å². The number of benzene rings is 1. The smallest absolute Gasteiger partial charge is 0.184 e. The normalized spacial score (nSPS) is 22.9. The molecule has 26 heavy (non-hydrogen) atoms. The maximum atomic E-state index is 12.6. The van der Waals surface area contributed by atoms with Crippen LogP contribution in [0, 0.1) is 0 Å². The molecule has 136 valence electrons. The standard InChI is InChI=1S/C18H21N5O2S/c19-13-6-15(20)17(7-13)25-10-14-8-21-22-23(14)9-16(24)12-2-1-11-3-4-26-18(11)5-12/h1-5,8,13,15,17H,6-7,9-10,19-20H2/t13-,15+,17+/m0/s1. The molecule has 1 aliphatic carbocycles. The van der Waals surface area contributed by atoms with Crippen molar-refractivity contribution in [3.05, 3.63) is 47.1 Å². The molecule has 0 saturated heterocycles. The van der Waals surface area contributed by atoms with Crippen molar-refractivity contribution in [1.29, 1.82) is 0 Å². The predicted molar refractivity (Wildman–Crippen MR) is 99.9 cm³/mol. The summed E-state index contributed by atoms with van der Waals surface area (Å²) in [5, 5.41) is 11.1. The Hall–Kier alpha value is -2.13. The molecule has 2 heterocycles. The van der Waals surface area contributed by atoms with E-state index in [1.165, 1.54) is 0 Å². The second kappa shape index (κ2) is 7.24. The zero-order chi connectivity index (χ0) is 18.1. The second-order valence-corrected chi connectivity index (χ2v) is 7.67. The summed E-state index contributed by atoms with van der Waals surface area (Å²) in [5.74, 6) is -0.00774. The van der Waals surface area contributed by atoms with E-state index in [0.717, 1.165) is 28.6 Å². The first-order valence-corrected chi connectivity index (χ1v) is 9.48. The number of hydrogen-bond acceptors (Lipinski definition) is 7. The number of nitrogens with zero attached hydrogens (tertiary/aromatic N) is 3. The van der Waals surface area contributed by atoms with Crippen LogP contribution in [0.2, 0.25) is 0 Å². The molecule has 8 heteroatoms. The molecule has 3 aromatic rings. The number of carbonyl (C=O) groups excluding carboxylic acids is 1. The summed E-state index contributed by atoms with van der Waals surface area (Å²) < 4.78 is 8.58. The Morgan fingerprint density at radius 2 is 2.19 bits per heavy atom. The quantitative estimate of drug-likeness (QED) is 0.639. The van der Waals surface area contributed by atoms with Crippen LogP contribution in [0.25, 0.3) is 10.1 Å². The first-order chi connectivity index (χ1) is 12.6. The van der Waals surface area contributed by atoms with Crippen molar-refractivity contribution in [3.63, 3.8) is 0 Å². The molecule has 1 aliphatic rings. The molecule has 4 N–H and O–H groups in total. The fourth-order valence-corrected chi connectivity index (χ4v) is 4.16. The monoisotopic (exact) mass is 371 g/mol. The summed E-state index contributed by atoms with van der Waals surface area (Å²) in [7, 11) is 0. The van der Waals surface area contributed by atoms with Gasteiger partial charge in [0.1, 0.15) is 6.54 Å². The molecular weight excluding hydrogens is 350 g/mol. The number of thiophene rings is 1. The molecule has 4 rings (SSSR count). The molecule has 0 aliphatic heterocycles. The van der Waals surface area contributed by atoms with Gasteiger partial charge in [0.05, 0.1) is 24.6 Å². The number of hydrogen-bond donors (Lipinski definition) is 2. The summed E-state index contributed by atoms with van der Waals surface area (Å²) in [4.78, 5) is 12.6. The van der Waals surface area contributed by atoms with Gasteiger partial charge in [-0.05, 0) is 35.7 Å². The summed E-state index contributed by atoms with van der Waals surface area (Å²) in [6.07, 6.45) is 3.08. The van der Waals surface area contributed by atoms with Crippen molar-refractivity contribution in [2.75, 3.05) is 0 Å². The maximum Gasteiger partial charge on any atom is 0.184 e. The lowest BCUT2D eigenvalue weighted by Gasteiger charge is -2.16. The number of ketones is 1. The van der Waals surface area contributed by atoms with Gasteiger partial charge >= 0.3 is 0 Å². The summed E-state index contributed by atoms with van der Waals surface area (Å²) in [5.41, 5.74) is 13.4. The van der Waals surface area contributed by atoms with Crippen molar-refractivity contribution >= 4 is 27.2 Å². The van der Waals surface area contributed by atoms with Crippen LogP contribution in [0.3, 0.4) is 0 Å². The first-order valence-electron chi connectivity index (χ1n) is 8.61. The van der Waals surface area contributed by atoms with Crippen molar-refractivity contribution in [1.82, 2.24) is 15.0 Å².